The number of nitrogens with one attached hydrogen (secondary N) is 1. The molecule has 0 spiro atoms. The van der Waals surface area contributed by atoms with Crippen LogP contribution in [0.1, 0.15) is 13.3 Å². The molecule has 1 aromatic rings. The molecule has 0 aliphatic rings. The number of nitrogens with two attached hydrogens (primary N) is 1. The Bertz CT molecular complexity index is 347. The zero-order valence-electron chi connectivity index (χ0n) is 9.09. The molecule has 0 amide bonds. The first-order chi connectivity index (χ1) is 7.65. The molecule has 6 heteroatoms. The van der Waals surface area contributed by atoms with E-state index in [0.29, 0.717) is 22.5 Å². The van der Waals surface area contributed by atoms with Crippen molar-refractivity contribution in [3.63, 3.8) is 0 Å². The summed E-state index contributed by atoms with van der Waals surface area (Å²) in [6, 6.07) is 1.58. The summed E-state index contributed by atoms with van der Waals surface area (Å²) >= 11 is 11.7. The van der Waals surface area contributed by atoms with Crippen LogP contribution in [0, 0.1) is 0 Å². The summed E-state index contributed by atoms with van der Waals surface area (Å²) in [5.41, 5.74) is 5.58. The minimum absolute atomic E-state index is 0.276. The van der Waals surface area contributed by atoms with Crippen LogP contribution in [0.25, 0.3) is 0 Å². The fourth-order valence-electron chi connectivity index (χ4n) is 1.13. The molecule has 0 aliphatic heterocycles. The molecule has 1 aromatic heterocycles. The van der Waals surface area contributed by atoms with Gasteiger partial charge in [-0.2, -0.15) is 0 Å². The van der Waals surface area contributed by atoms with Crippen LogP contribution in [-0.4, -0.2) is 24.7 Å². The van der Waals surface area contributed by atoms with Crippen molar-refractivity contribution >= 4 is 34.8 Å². The highest BCUT2D eigenvalue weighted by atomic mass is 35.5. The maximum absolute atomic E-state index is 5.95. The zero-order valence-corrected chi connectivity index (χ0v) is 10.6. The van der Waals surface area contributed by atoms with E-state index in [-0.39, 0.29) is 5.82 Å². The highest BCUT2D eigenvalue weighted by Gasteiger charge is 2.05. The van der Waals surface area contributed by atoms with Crippen LogP contribution in [0.3, 0.4) is 0 Å². The second-order valence-corrected chi connectivity index (χ2v) is 3.98. The van der Waals surface area contributed by atoms with Gasteiger partial charge in [-0.15, -0.1) is 0 Å². The molecule has 4 nitrogen and oxygen atoms in total. The lowest BCUT2D eigenvalue weighted by Crippen LogP contribution is -2.08. The number of hydrogen-bond acceptors (Lipinski definition) is 4. The minimum Gasteiger partial charge on any atom is -0.382 e. The standard InChI is InChI=1S/C10H15Cl2N3O/c1-2-16-5-3-4-14-10-8(12)6-7(11)9(13)15-10/h6H,2-5H2,1H3,(H3,13,14,15). The monoisotopic (exact) mass is 263 g/mol. The molecule has 0 fully saturated rings. The summed E-state index contributed by atoms with van der Waals surface area (Å²) in [6.07, 6.45) is 0.883. The van der Waals surface area contributed by atoms with Crippen molar-refractivity contribution in [3.8, 4) is 0 Å². The number of aromatic nitrogens is 1. The molecule has 1 rings (SSSR count). The van der Waals surface area contributed by atoms with E-state index in [0.717, 1.165) is 19.6 Å². The van der Waals surface area contributed by atoms with E-state index in [1.54, 1.807) is 6.07 Å². The predicted octanol–water partition coefficient (Wildman–Crippen LogP) is 2.81. The van der Waals surface area contributed by atoms with Crippen molar-refractivity contribution in [2.24, 2.45) is 0 Å². The molecule has 0 radical (unpaired) electrons. The molecule has 0 unspecified atom stereocenters. The number of ether oxygens (including phenoxy) is 1. The van der Waals surface area contributed by atoms with Crippen LogP contribution < -0.4 is 11.1 Å². The summed E-state index contributed by atoms with van der Waals surface area (Å²) < 4.78 is 5.21. The van der Waals surface area contributed by atoms with E-state index in [2.05, 4.69) is 10.3 Å². The molecule has 16 heavy (non-hydrogen) atoms. The summed E-state index contributed by atoms with van der Waals surface area (Å²) in [6.45, 7) is 4.14. The molecule has 90 valence electrons. The Labute approximate surface area is 105 Å². The maximum Gasteiger partial charge on any atom is 0.147 e. The topological polar surface area (TPSA) is 60.2 Å². The van der Waals surface area contributed by atoms with Gasteiger partial charge in [-0.05, 0) is 19.4 Å². The van der Waals surface area contributed by atoms with Gasteiger partial charge in [-0.1, -0.05) is 23.2 Å². The van der Waals surface area contributed by atoms with Crippen molar-refractivity contribution in [2.45, 2.75) is 13.3 Å². The van der Waals surface area contributed by atoms with E-state index in [9.17, 15) is 0 Å². The summed E-state index contributed by atoms with van der Waals surface area (Å²) in [7, 11) is 0. The predicted molar refractivity (Wildman–Crippen MR) is 68.3 cm³/mol. The maximum atomic E-state index is 5.95. The summed E-state index contributed by atoms with van der Waals surface area (Å²) in [5.74, 6) is 0.832. The van der Waals surface area contributed by atoms with Crippen LogP contribution in [-0.2, 0) is 4.74 Å². The van der Waals surface area contributed by atoms with E-state index in [4.69, 9.17) is 33.7 Å². The number of halogens is 2. The fourth-order valence-corrected chi connectivity index (χ4v) is 1.56. The molecule has 0 saturated heterocycles. The Morgan fingerprint density at radius 1 is 1.44 bits per heavy atom. The van der Waals surface area contributed by atoms with Gasteiger partial charge in [0.2, 0.25) is 0 Å². The SMILES string of the molecule is CCOCCCNc1nc(N)c(Cl)cc1Cl. The second-order valence-electron chi connectivity index (χ2n) is 3.16. The smallest absolute Gasteiger partial charge is 0.147 e. The number of anilines is 2. The average molecular weight is 264 g/mol. The molecule has 0 atom stereocenters. The lowest BCUT2D eigenvalue weighted by Gasteiger charge is -2.08. The molecule has 0 aliphatic carbocycles. The lowest BCUT2D eigenvalue weighted by molar-refractivity contribution is 0.147. The molecule has 1 heterocycles. The summed E-state index contributed by atoms with van der Waals surface area (Å²) in [4.78, 5) is 4.05. The van der Waals surface area contributed by atoms with Crippen LogP contribution in [0.5, 0.6) is 0 Å². The number of nitrogen functional groups attached to an aromatic ring is 1. The number of hydrogen-bond donors (Lipinski definition) is 2. The average Bonchev–Trinajstić information content (AvgIpc) is 2.25. The van der Waals surface area contributed by atoms with Gasteiger partial charge in [0.15, 0.2) is 0 Å². The Kier molecular flexibility index (Phi) is 5.66. The number of nitrogens with zero attached hydrogens (tertiary/aromatic N) is 1. The second kappa shape index (κ2) is 6.78. The first-order valence-corrected chi connectivity index (χ1v) is 5.84. The lowest BCUT2D eigenvalue weighted by atomic mass is 10.4. The van der Waals surface area contributed by atoms with Gasteiger partial charge in [-0.3, -0.25) is 0 Å². The number of rotatable bonds is 6. The van der Waals surface area contributed by atoms with E-state index in [1.807, 2.05) is 6.92 Å². The van der Waals surface area contributed by atoms with Crippen LogP contribution in [0.15, 0.2) is 6.07 Å². The van der Waals surface area contributed by atoms with E-state index < -0.39 is 0 Å². The molecular formula is C10H15Cl2N3O. The highest BCUT2D eigenvalue weighted by molar-refractivity contribution is 6.37. The van der Waals surface area contributed by atoms with Gasteiger partial charge in [-0.25, -0.2) is 4.98 Å². The zero-order chi connectivity index (χ0) is 12.0. The Morgan fingerprint density at radius 2 is 2.19 bits per heavy atom. The van der Waals surface area contributed by atoms with Crippen molar-refractivity contribution in [2.75, 3.05) is 30.8 Å². The van der Waals surface area contributed by atoms with E-state index in [1.165, 1.54) is 0 Å². The third-order valence-electron chi connectivity index (χ3n) is 1.92. The molecular weight excluding hydrogens is 249 g/mol. The minimum atomic E-state index is 0.276. The largest absolute Gasteiger partial charge is 0.382 e. The summed E-state index contributed by atoms with van der Waals surface area (Å²) in [5, 5.41) is 3.91. The van der Waals surface area contributed by atoms with Gasteiger partial charge in [0.25, 0.3) is 0 Å². The Balaban J connectivity index is 2.45. The Morgan fingerprint density at radius 3 is 2.88 bits per heavy atom. The third-order valence-corrected chi connectivity index (χ3v) is 2.51. The number of pyridine rings is 1. The fraction of sp³-hybridized carbons (Fsp3) is 0.500. The normalized spacial score (nSPS) is 10.4. The quantitative estimate of drug-likeness (QED) is 0.775. The van der Waals surface area contributed by atoms with Crippen LogP contribution >= 0.6 is 23.2 Å². The van der Waals surface area contributed by atoms with Gasteiger partial charge in [0.05, 0.1) is 10.0 Å². The first-order valence-electron chi connectivity index (χ1n) is 5.08. The van der Waals surface area contributed by atoms with Crippen LogP contribution in [0.4, 0.5) is 11.6 Å². The van der Waals surface area contributed by atoms with Gasteiger partial charge in [0.1, 0.15) is 11.6 Å². The van der Waals surface area contributed by atoms with Crippen molar-refractivity contribution in [1.82, 2.24) is 4.98 Å². The first kappa shape index (κ1) is 13.4. The molecule has 0 bridgehead atoms. The Hall–Kier alpha value is -0.710. The van der Waals surface area contributed by atoms with Crippen molar-refractivity contribution < 1.29 is 4.74 Å². The molecule has 3 N–H and O–H groups in total. The van der Waals surface area contributed by atoms with Crippen molar-refractivity contribution in [3.05, 3.63) is 16.1 Å². The molecule has 0 aromatic carbocycles. The van der Waals surface area contributed by atoms with Gasteiger partial charge >= 0.3 is 0 Å². The van der Waals surface area contributed by atoms with Gasteiger partial charge < -0.3 is 15.8 Å². The molecule has 0 saturated carbocycles. The third kappa shape index (κ3) is 4.04. The van der Waals surface area contributed by atoms with E-state index >= 15 is 0 Å². The van der Waals surface area contributed by atoms with Gasteiger partial charge in [0, 0.05) is 19.8 Å². The highest BCUT2D eigenvalue weighted by Crippen LogP contribution is 2.27. The van der Waals surface area contributed by atoms with Crippen LogP contribution in [0.2, 0.25) is 10.0 Å². The van der Waals surface area contributed by atoms with Crippen molar-refractivity contribution in [1.29, 1.82) is 0 Å².